The maximum Gasteiger partial charge on any atom is 0.337 e. The molecule has 0 fully saturated rings. The minimum absolute atomic E-state index is 0.204. The van der Waals surface area contributed by atoms with E-state index in [0.717, 1.165) is 11.3 Å². The van der Waals surface area contributed by atoms with Gasteiger partial charge in [0.05, 0.1) is 12.7 Å². The van der Waals surface area contributed by atoms with Crippen molar-refractivity contribution in [1.82, 2.24) is 0 Å². The van der Waals surface area contributed by atoms with E-state index in [1.807, 2.05) is 24.3 Å². The number of carbonyl (C=O) groups is 2. The summed E-state index contributed by atoms with van der Waals surface area (Å²) < 4.78 is 4.63. The van der Waals surface area contributed by atoms with Crippen LogP contribution in [0.1, 0.15) is 46.0 Å². The molecule has 0 spiro atoms. The van der Waals surface area contributed by atoms with Crippen LogP contribution in [0.5, 0.6) is 0 Å². The van der Waals surface area contributed by atoms with Gasteiger partial charge in [-0.05, 0) is 41.8 Å². The number of hydrogen-bond acceptors (Lipinski definition) is 3. The molecule has 1 N–H and O–H groups in total. The third-order valence-corrected chi connectivity index (χ3v) is 3.40. The van der Waals surface area contributed by atoms with Gasteiger partial charge < -0.3 is 10.1 Å². The molecule has 0 saturated heterocycles. The van der Waals surface area contributed by atoms with Crippen molar-refractivity contribution in [2.45, 2.75) is 19.8 Å². The highest BCUT2D eigenvalue weighted by molar-refractivity contribution is 6.05. The van der Waals surface area contributed by atoms with Crippen LogP contribution in [0.4, 0.5) is 5.69 Å². The summed E-state index contributed by atoms with van der Waals surface area (Å²) in [5, 5.41) is 2.92. The minimum Gasteiger partial charge on any atom is -0.465 e. The van der Waals surface area contributed by atoms with Gasteiger partial charge in [0.15, 0.2) is 0 Å². The lowest BCUT2D eigenvalue weighted by molar-refractivity contribution is 0.0600. The monoisotopic (exact) mass is 297 g/mol. The van der Waals surface area contributed by atoms with Crippen molar-refractivity contribution in [3.05, 3.63) is 65.2 Å². The number of rotatable bonds is 4. The maximum absolute atomic E-state index is 12.3. The Kier molecular flexibility index (Phi) is 4.94. The van der Waals surface area contributed by atoms with E-state index >= 15 is 0 Å². The summed E-state index contributed by atoms with van der Waals surface area (Å²) in [4.78, 5) is 23.7. The second-order valence-electron chi connectivity index (χ2n) is 5.27. The first-order valence-electron chi connectivity index (χ1n) is 7.11. The molecular weight excluding hydrogens is 278 g/mol. The molecule has 0 heterocycles. The summed E-state index contributed by atoms with van der Waals surface area (Å²) in [7, 11) is 1.33. The van der Waals surface area contributed by atoms with E-state index in [9.17, 15) is 9.59 Å². The summed E-state index contributed by atoms with van der Waals surface area (Å²) >= 11 is 0. The molecule has 4 heteroatoms. The highest BCUT2D eigenvalue weighted by Gasteiger charge is 2.12. The Morgan fingerprint density at radius 2 is 1.55 bits per heavy atom. The van der Waals surface area contributed by atoms with Crippen LogP contribution >= 0.6 is 0 Å². The molecule has 0 saturated carbocycles. The molecule has 0 bridgehead atoms. The van der Waals surface area contributed by atoms with Crippen LogP contribution in [0.3, 0.4) is 0 Å². The second kappa shape index (κ2) is 6.89. The van der Waals surface area contributed by atoms with E-state index in [1.54, 1.807) is 24.3 Å². The van der Waals surface area contributed by atoms with Gasteiger partial charge in [0.1, 0.15) is 0 Å². The summed E-state index contributed by atoms with van der Waals surface area (Å²) in [5.74, 6) is -0.306. The topological polar surface area (TPSA) is 55.4 Å². The molecule has 2 aromatic carbocycles. The molecule has 0 atom stereocenters. The van der Waals surface area contributed by atoms with Crippen molar-refractivity contribution >= 4 is 17.6 Å². The van der Waals surface area contributed by atoms with Gasteiger partial charge in [-0.2, -0.15) is 0 Å². The first kappa shape index (κ1) is 15.8. The Morgan fingerprint density at radius 3 is 2.14 bits per heavy atom. The average molecular weight is 297 g/mol. The largest absolute Gasteiger partial charge is 0.465 e. The number of para-hydroxylation sites is 1. The number of ether oxygens (including phenoxy) is 1. The number of carbonyl (C=O) groups excluding carboxylic acids is 2. The molecule has 0 aliphatic carbocycles. The van der Waals surface area contributed by atoms with Crippen LogP contribution in [0.2, 0.25) is 0 Å². The molecule has 114 valence electrons. The predicted octanol–water partition coefficient (Wildman–Crippen LogP) is 3.85. The lowest BCUT2D eigenvalue weighted by Gasteiger charge is -2.13. The minimum atomic E-state index is -0.419. The van der Waals surface area contributed by atoms with Crippen molar-refractivity contribution in [1.29, 1.82) is 0 Å². The Balaban J connectivity index is 2.18. The Morgan fingerprint density at radius 1 is 0.955 bits per heavy atom. The van der Waals surface area contributed by atoms with E-state index in [4.69, 9.17) is 0 Å². The van der Waals surface area contributed by atoms with Gasteiger partial charge in [0.2, 0.25) is 0 Å². The lowest BCUT2D eigenvalue weighted by atomic mass is 10.0. The van der Waals surface area contributed by atoms with Crippen molar-refractivity contribution in [2.75, 3.05) is 12.4 Å². The van der Waals surface area contributed by atoms with Crippen LogP contribution in [0.15, 0.2) is 48.5 Å². The maximum atomic E-state index is 12.3. The standard InChI is InChI=1S/C18H19NO3/c1-12(2)15-6-4-5-7-16(15)19-17(20)13-8-10-14(11-9-13)18(21)22-3/h4-12H,1-3H3,(H,19,20). The van der Waals surface area contributed by atoms with Gasteiger partial charge in [-0.1, -0.05) is 32.0 Å². The van der Waals surface area contributed by atoms with Crippen molar-refractivity contribution < 1.29 is 14.3 Å². The fraction of sp³-hybridized carbons (Fsp3) is 0.222. The summed E-state index contributed by atoms with van der Waals surface area (Å²) in [5.41, 5.74) is 2.80. The normalized spacial score (nSPS) is 10.4. The zero-order chi connectivity index (χ0) is 16.1. The van der Waals surface area contributed by atoms with Gasteiger partial charge in [0.25, 0.3) is 5.91 Å². The SMILES string of the molecule is COC(=O)c1ccc(C(=O)Nc2ccccc2C(C)C)cc1. The third-order valence-electron chi connectivity index (χ3n) is 3.40. The van der Waals surface area contributed by atoms with Gasteiger partial charge in [-0.25, -0.2) is 4.79 Å². The number of esters is 1. The van der Waals surface area contributed by atoms with Crippen molar-refractivity contribution in [3.63, 3.8) is 0 Å². The average Bonchev–Trinajstić information content (AvgIpc) is 2.54. The van der Waals surface area contributed by atoms with E-state index < -0.39 is 5.97 Å². The Hall–Kier alpha value is -2.62. The van der Waals surface area contributed by atoms with Crippen LogP contribution in [0, 0.1) is 0 Å². The number of hydrogen-bond donors (Lipinski definition) is 1. The van der Waals surface area contributed by atoms with E-state index in [1.165, 1.54) is 7.11 Å². The number of methoxy groups -OCH3 is 1. The Bertz CT molecular complexity index is 675. The molecule has 1 amide bonds. The molecule has 0 aliphatic heterocycles. The van der Waals surface area contributed by atoms with Gasteiger partial charge in [-0.3, -0.25) is 4.79 Å². The first-order chi connectivity index (χ1) is 10.5. The number of nitrogens with one attached hydrogen (secondary N) is 1. The van der Waals surface area contributed by atoms with Gasteiger partial charge in [0, 0.05) is 11.3 Å². The smallest absolute Gasteiger partial charge is 0.337 e. The molecule has 0 aromatic heterocycles. The molecule has 2 rings (SSSR count). The molecule has 0 aliphatic rings. The quantitative estimate of drug-likeness (QED) is 0.872. The highest BCUT2D eigenvalue weighted by Crippen LogP contribution is 2.24. The predicted molar refractivity (Wildman–Crippen MR) is 86.3 cm³/mol. The lowest BCUT2D eigenvalue weighted by Crippen LogP contribution is -2.14. The number of amides is 1. The molecular formula is C18H19NO3. The van der Waals surface area contributed by atoms with Crippen LogP contribution < -0.4 is 5.32 Å². The summed E-state index contributed by atoms with van der Waals surface area (Å²) in [6.07, 6.45) is 0. The highest BCUT2D eigenvalue weighted by atomic mass is 16.5. The van der Waals surface area contributed by atoms with Crippen LogP contribution in [-0.4, -0.2) is 19.0 Å². The molecule has 4 nitrogen and oxygen atoms in total. The summed E-state index contributed by atoms with van der Waals surface area (Å²) in [6.45, 7) is 4.16. The van der Waals surface area contributed by atoms with Crippen molar-refractivity contribution in [3.8, 4) is 0 Å². The van der Waals surface area contributed by atoms with Gasteiger partial charge in [-0.15, -0.1) is 0 Å². The zero-order valence-corrected chi connectivity index (χ0v) is 12.9. The zero-order valence-electron chi connectivity index (χ0n) is 12.9. The second-order valence-corrected chi connectivity index (χ2v) is 5.27. The van der Waals surface area contributed by atoms with Crippen LogP contribution in [0.25, 0.3) is 0 Å². The first-order valence-corrected chi connectivity index (χ1v) is 7.11. The third kappa shape index (κ3) is 3.52. The Labute approximate surface area is 130 Å². The molecule has 2 aromatic rings. The number of anilines is 1. The van der Waals surface area contributed by atoms with E-state index in [-0.39, 0.29) is 5.91 Å². The fourth-order valence-electron chi connectivity index (χ4n) is 2.18. The van der Waals surface area contributed by atoms with Gasteiger partial charge >= 0.3 is 5.97 Å². The molecule has 0 radical (unpaired) electrons. The van der Waals surface area contributed by atoms with Crippen LogP contribution in [-0.2, 0) is 4.74 Å². The molecule has 22 heavy (non-hydrogen) atoms. The van der Waals surface area contributed by atoms with E-state index in [2.05, 4.69) is 23.9 Å². The van der Waals surface area contributed by atoms with E-state index in [0.29, 0.717) is 17.0 Å². The summed E-state index contributed by atoms with van der Waals surface area (Å²) in [6, 6.07) is 14.1. The fourth-order valence-corrected chi connectivity index (χ4v) is 2.18. The van der Waals surface area contributed by atoms with Crippen molar-refractivity contribution in [2.24, 2.45) is 0 Å². The number of benzene rings is 2. The molecule has 0 unspecified atom stereocenters.